The smallest absolute Gasteiger partial charge is 0.187 e. The molecule has 0 saturated carbocycles. The lowest BCUT2D eigenvalue weighted by Crippen LogP contribution is -1.97. The first-order valence-corrected chi connectivity index (χ1v) is 8.10. The van der Waals surface area contributed by atoms with Crippen molar-refractivity contribution in [2.24, 2.45) is 5.10 Å². The summed E-state index contributed by atoms with van der Waals surface area (Å²) in [6, 6.07) is 20.0. The van der Waals surface area contributed by atoms with E-state index in [1.54, 1.807) is 16.4 Å². The zero-order valence-electron chi connectivity index (χ0n) is 12.3. The van der Waals surface area contributed by atoms with Crippen LogP contribution in [-0.4, -0.2) is 26.8 Å². The SMILES string of the molecule is CCSc1nnc(-c2ccccc2)n1N=Cc1ccccc1. The Hall–Kier alpha value is -2.40. The maximum Gasteiger partial charge on any atom is 0.212 e. The van der Waals surface area contributed by atoms with Crippen molar-refractivity contribution >= 4 is 18.0 Å². The molecule has 0 N–H and O–H groups in total. The molecule has 22 heavy (non-hydrogen) atoms. The Kier molecular flexibility index (Phi) is 4.65. The quantitative estimate of drug-likeness (QED) is 0.529. The molecule has 3 aromatic rings. The Morgan fingerprint density at radius 1 is 1.00 bits per heavy atom. The first-order chi connectivity index (χ1) is 10.9. The number of benzene rings is 2. The first-order valence-electron chi connectivity index (χ1n) is 7.11. The fourth-order valence-electron chi connectivity index (χ4n) is 2.02. The van der Waals surface area contributed by atoms with Crippen molar-refractivity contribution in [2.75, 3.05) is 5.75 Å². The van der Waals surface area contributed by atoms with Crippen molar-refractivity contribution in [3.63, 3.8) is 0 Å². The van der Waals surface area contributed by atoms with Gasteiger partial charge in [0.25, 0.3) is 0 Å². The maximum atomic E-state index is 4.58. The van der Waals surface area contributed by atoms with E-state index in [-0.39, 0.29) is 0 Å². The van der Waals surface area contributed by atoms with Gasteiger partial charge in [-0.3, -0.25) is 0 Å². The summed E-state index contributed by atoms with van der Waals surface area (Å²) in [5.41, 5.74) is 2.05. The lowest BCUT2D eigenvalue weighted by molar-refractivity contribution is 0.773. The third-order valence-electron chi connectivity index (χ3n) is 3.04. The minimum atomic E-state index is 0.753. The van der Waals surface area contributed by atoms with Gasteiger partial charge in [0.1, 0.15) is 0 Å². The average Bonchev–Trinajstić information content (AvgIpc) is 2.98. The average molecular weight is 308 g/mol. The van der Waals surface area contributed by atoms with Gasteiger partial charge in [-0.2, -0.15) is 9.78 Å². The Morgan fingerprint density at radius 2 is 1.68 bits per heavy atom. The van der Waals surface area contributed by atoms with E-state index in [1.165, 1.54) is 0 Å². The van der Waals surface area contributed by atoms with E-state index in [0.29, 0.717) is 0 Å². The standard InChI is InChI=1S/C17H16N4S/c1-2-22-17-20-19-16(15-11-7-4-8-12-15)21(17)18-13-14-9-5-3-6-10-14/h3-13H,2H2,1H3. The number of rotatable bonds is 5. The summed E-state index contributed by atoms with van der Waals surface area (Å²) in [5, 5.41) is 13.9. The Balaban J connectivity index is 2.00. The molecule has 0 unspecified atom stereocenters. The summed E-state index contributed by atoms with van der Waals surface area (Å²) in [6.07, 6.45) is 1.83. The lowest BCUT2D eigenvalue weighted by atomic mass is 10.2. The number of hydrogen-bond acceptors (Lipinski definition) is 4. The highest BCUT2D eigenvalue weighted by atomic mass is 32.2. The van der Waals surface area contributed by atoms with Crippen LogP contribution in [-0.2, 0) is 0 Å². The molecule has 1 aromatic heterocycles. The van der Waals surface area contributed by atoms with Gasteiger partial charge in [-0.15, -0.1) is 10.2 Å². The molecule has 0 aliphatic rings. The van der Waals surface area contributed by atoms with Gasteiger partial charge in [-0.1, -0.05) is 79.3 Å². The molecule has 0 radical (unpaired) electrons. The minimum absolute atomic E-state index is 0.753. The number of thioether (sulfide) groups is 1. The maximum absolute atomic E-state index is 4.58. The molecule has 0 spiro atoms. The molecular formula is C17H16N4S. The molecule has 0 bridgehead atoms. The van der Waals surface area contributed by atoms with Gasteiger partial charge in [0.2, 0.25) is 5.16 Å². The summed E-state index contributed by atoms with van der Waals surface area (Å²) >= 11 is 1.63. The van der Waals surface area contributed by atoms with Crippen LogP contribution in [0.4, 0.5) is 0 Å². The number of aromatic nitrogens is 3. The molecule has 4 nitrogen and oxygen atoms in total. The molecule has 0 amide bonds. The van der Waals surface area contributed by atoms with Crippen molar-refractivity contribution < 1.29 is 0 Å². The van der Waals surface area contributed by atoms with E-state index in [2.05, 4.69) is 22.2 Å². The molecule has 5 heteroatoms. The highest BCUT2D eigenvalue weighted by Gasteiger charge is 2.12. The van der Waals surface area contributed by atoms with Crippen LogP contribution in [0.3, 0.4) is 0 Å². The van der Waals surface area contributed by atoms with Gasteiger partial charge in [0, 0.05) is 5.56 Å². The molecule has 3 rings (SSSR count). The largest absolute Gasteiger partial charge is 0.212 e. The summed E-state index contributed by atoms with van der Waals surface area (Å²) < 4.78 is 1.80. The van der Waals surface area contributed by atoms with E-state index in [4.69, 9.17) is 0 Å². The lowest BCUT2D eigenvalue weighted by Gasteiger charge is -2.03. The fraction of sp³-hybridized carbons (Fsp3) is 0.118. The Morgan fingerprint density at radius 3 is 2.36 bits per heavy atom. The van der Waals surface area contributed by atoms with Crippen LogP contribution in [0.5, 0.6) is 0 Å². The third kappa shape index (κ3) is 3.26. The second-order valence-electron chi connectivity index (χ2n) is 4.57. The normalized spacial score (nSPS) is 11.1. The second kappa shape index (κ2) is 7.04. The van der Waals surface area contributed by atoms with Gasteiger partial charge in [-0.25, -0.2) is 0 Å². The van der Waals surface area contributed by atoms with Gasteiger partial charge >= 0.3 is 0 Å². The molecule has 0 aliphatic heterocycles. The molecule has 0 aliphatic carbocycles. The summed E-state index contributed by atoms with van der Waals surface area (Å²) in [4.78, 5) is 0. The summed E-state index contributed by atoms with van der Waals surface area (Å²) in [7, 11) is 0. The predicted octanol–water partition coefficient (Wildman–Crippen LogP) is 3.94. The van der Waals surface area contributed by atoms with E-state index in [1.807, 2.05) is 66.9 Å². The van der Waals surface area contributed by atoms with Crippen LogP contribution < -0.4 is 0 Å². The van der Waals surface area contributed by atoms with Crippen molar-refractivity contribution in [2.45, 2.75) is 12.1 Å². The molecular weight excluding hydrogens is 292 g/mol. The van der Waals surface area contributed by atoms with Crippen LogP contribution in [0.15, 0.2) is 70.9 Å². The zero-order valence-corrected chi connectivity index (χ0v) is 13.1. The van der Waals surface area contributed by atoms with Crippen LogP contribution in [0.1, 0.15) is 12.5 Å². The summed E-state index contributed by atoms with van der Waals surface area (Å²) in [5.74, 6) is 1.68. The monoisotopic (exact) mass is 308 g/mol. The van der Waals surface area contributed by atoms with Gasteiger partial charge in [-0.05, 0) is 11.3 Å². The van der Waals surface area contributed by atoms with Crippen molar-refractivity contribution in [3.05, 3.63) is 66.2 Å². The van der Waals surface area contributed by atoms with Gasteiger partial charge in [0.15, 0.2) is 5.82 Å². The number of nitrogens with zero attached hydrogens (tertiary/aromatic N) is 4. The second-order valence-corrected chi connectivity index (χ2v) is 5.80. The van der Waals surface area contributed by atoms with Gasteiger partial charge < -0.3 is 0 Å². The van der Waals surface area contributed by atoms with E-state index in [0.717, 1.165) is 27.9 Å². The number of hydrogen-bond donors (Lipinski definition) is 0. The van der Waals surface area contributed by atoms with Crippen LogP contribution >= 0.6 is 11.8 Å². The van der Waals surface area contributed by atoms with Crippen LogP contribution in [0.25, 0.3) is 11.4 Å². The van der Waals surface area contributed by atoms with Crippen LogP contribution in [0.2, 0.25) is 0 Å². The van der Waals surface area contributed by atoms with Crippen molar-refractivity contribution in [1.82, 2.24) is 14.9 Å². The van der Waals surface area contributed by atoms with E-state index < -0.39 is 0 Å². The van der Waals surface area contributed by atoms with E-state index in [9.17, 15) is 0 Å². The molecule has 110 valence electrons. The third-order valence-corrected chi connectivity index (χ3v) is 3.84. The minimum Gasteiger partial charge on any atom is -0.187 e. The highest BCUT2D eigenvalue weighted by Crippen LogP contribution is 2.23. The van der Waals surface area contributed by atoms with Gasteiger partial charge in [0.05, 0.1) is 6.21 Å². The van der Waals surface area contributed by atoms with Crippen molar-refractivity contribution in [1.29, 1.82) is 0 Å². The zero-order chi connectivity index (χ0) is 15.2. The molecule has 0 atom stereocenters. The molecule has 2 aromatic carbocycles. The van der Waals surface area contributed by atoms with E-state index >= 15 is 0 Å². The highest BCUT2D eigenvalue weighted by molar-refractivity contribution is 7.99. The molecule has 1 heterocycles. The summed E-state index contributed by atoms with van der Waals surface area (Å²) in [6.45, 7) is 2.09. The predicted molar refractivity (Wildman–Crippen MR) is 91.3 cm³/mol. The molecule has 0 saturated heterocycles. The van der Waals surface area contributed by atoms with Crippen LogP contribution in [0, 0.1) is 0 Å². The first kappa shape index (κ1) is 14.5. The van der Waals surface area contributed by atoms with Crippen molar-refractivity contribution in [3.8, 4) is 11.4 Å². The molecule has 0 fully saturated rings. The topological polar surface area (TPSA) is 43.1 Å². The Bertz CT molecular complexity index is 751. The Labute approximate surface area is 133 Å². The fourth-order valence-corrected chi connectivity index (χ4v) is 2.63.